The molecular formula is C15H20N4O. The number of hydrogen-bond donors (Lipinski definition) is 1. The van der Waals surface area contributed by atoms with E-state index in [2.05, 4.69) is 5.10 Å². The van der Waals surface area contributed by atoms with Crippen molar-refractivity contribution in [1.82, 2.24) is 9.78 Å². The summed E-state index contributed by atoms with van der Waals surface area (Å²) >= 11 is 0. The van der Waals surface area contributed by atoms with Gasteiger partial charge in [0.15, 0.2) is 0 Å². The summed E-state index contributed by atoms with van der Waals surface area (Å²) < 4.78 is 1.67. The molecule has 20 heavy (non-hydrogen) atoms. The molecule has 1 heterocycles. The minimum absolute atomic E-state index is 0.112. The Kier molecular flexibility index (Phi) is 4.08. The maximum absolute atomic E-state index is 12.8. The van der Waals surface area contributed by atoms with Crippen LogP contribution in [0.15, 0.2) is 30.3 Å². The van der Waals surface area contributed by atoms with Crippen molar-refractivity contribution in [2.75, 3.05) is 17.2 Å². The molecule has 5 nitrogen and oxygen atoms in total. The maximum atomic E-state index is 12.8. The van der Waals surface area contributed by atoms with Crippen LogP contribution in [0.1, 0.15) is 30.0 Å². The second-order valence-corrected chi connectivity index (χ2v) is 4.55. The van der Waals surface area contributed by atoms with Crippen molar-refractivity contribution >= 4 is 17.3 Å². The number of anilines is 2. The average Bonchev–Trinajstić information content (AvgIpc) is 2.76. The molecule has 2 rings (SSSR count). The number of amides is 1. The fourth-order valence-corrected chi connectivity index (χ4v) is 2.23. The molecule has 0 spiro atoms. The number of carbonyl (C=O) groups is 1. The van der Waals surface area contributed by atoms with Crippen molar-refractivity contribution in [3.8, 4) is 0 Å². The summed E-state index contributed by atoms with van der Waals surface area (Å²) in [4.78, 5) is 14.5. The van der Waals surface area contributed by atoms with Gasteiger partial charge in [-0.05, 0) is 32.9 Å². The second kappa shape index (κ2) is 5.77. The SMILES string of the molecule is CCN(C(=O)c1c(N)c(C)nn1CC)c1ccccc1. The van der Waals surface area contributed by atoms with Gasteiger partial charge in [-0.3, -0.25) is 9.48 Å². The van der Waals surface area contributed by atoms with Crippen molar-refractivity contribution in [2.24, 2.45) is 0 Å². The first-order valence-electron chi connectivity index (χ1n) is 6.79. The smallest absolute Gasteiger partial charge is 0.278 e. The highest BCUT2D eigenvalue weighted by Gasteiger charge is 2.24. The van der Waals surface area contributed by atoms with Crippen LogP contribution in [0, 0.1) is 6.92 Å². The van der Waals surface area contributed by atoms with E-state index in [1.54, 1.807) is 9.58 Å². The third kappa shape index (κ3) is 2.39. The minimum atomic E-state index is -0.112. The summed E-state index contributed by atoms with van der Waals surface area (Å²) in [5, 5.41) is 4.30. The fourth-order valence-electron chi connectivity index (χ4n) is 2.23. The van der Waals surface area contributed by atoms with Crippen LogP contribution in [0.4, 0.5) is 11.4 Å². The van der Waals surface area contributed by atoms with Gasteiger partial charge >= 0.3 is 0 Å². The quantitative estimate of drug-likeness (QED) is 0.929. The van der Waals surface area contributed by atoms with E-state index in [0.29, 0.717) is 30.2 Å². The van der Waals surface area contributed by atoms with Crippen LogP contribution in [0.2, 0.25) is 0 Å². The molecule has 0 saturated carbocycles. The molecule has 0 radical (unpaired) electrons. The zero-order valence-corrected chi connectivity index (χ0v) is 12.1. The van der Waals surface area contributed by atoms with Gasteiger partial charge in [-0.15, -0.1) is 0 Å². The Morgan fingerprint density at radius 1 is 1.30 bits per heavy atom. The molecule has 0 aliphatic rings. The Bertz CT molecular complexity index is 604. The van der Waals surface area contributed by atoms with Crippen LogP contribution in [0.3, 0.4) is 0 Å². The molecule has 0 saturated heterocycles. The normalized spacial score (nSPS) is 10.6. The lowest BCUT2D eigenvalue weighted by Gasteiger charge is -2.21. The molecular weight excluding hydrogens is 252 g/mol. The van der Waals surface area contributed by atoms with E-state index in [9.17, 15) is 4.79 Å². The molecule has 106 valence electrons. The number of hydrogen-bond acceptors (Lipinski definition) is 3. The summed E-state index contributed by atoms with van der Waals surface area (Å²) in [6.07, 6.45) is 0. The average molecular weight is 272 g/mol. The van der Waals surface area contributed by atoms with E-state index < -0.39 is 0 Å². The molecule has 0 atom stereocenters. The van der Waals surface area contributed by atoms with Gasteiger partial charge in [0.25, 0.3) is 5.91 Å². The number of para-hydroxylation sites is 1. The fraction of sp³-hybridized carbons (Fsp3) is 0.333. The second-order valence-electron chi connectivity index (χ2n) is 4.55. The van der Waals surface area contributed by atoms with Gasteiger partial charge in [0.05, 0.1) is 11.4 Å². The summed E-state index contributed by atoms with van der Waals surface area (Å²) in [7, 11) is 0. The summed E-state index contributed by atoms with van der Waals surface area (Å²) in [5.41, 5.74) is 8.51. The van der Waals surface area contributed by atoms with Crippen LogP contribution >= 0.6 is 0 Å². The third-order valence-electron chi connectivity index (χ3n) is 3.31. The molecule has 2 N–H and O–H groups in total. The Hall–Kier alpha value is -2.30. The highest BCUT2D eigenvalue weighted by atomic mass is 16.2. The monoisotopic (exact) mass is 272 g/mol. The van der Waals surface area contributed by atoms with Crippen LogP contribution < -0.4 is 10.6 Å². The van der Waals surface area contributed by atoms with Crippen LogP contribution in [-0.2, 0) is 6.54 Å². The highest BCUT2D eigenvalue weighted by Crippen LogP contribution is 2.22. The van der Waals surface area contributed by atoms with E-state index in [1.807, 2.05) is 51.1 Å². The molecule has 5 heteroatoms. The van der Waals surface area contributed by atoms with Gasteiger partial charge in [0, 0.05) is 18.8 Å². The molecule has 0 aliphatic heterocycles. The number of nitrogens with zero attached hydrogens (tertiary/aromatic N) is 3. The van der Waals surface area contributed by atoms with Gasteiger partial charge in [0.1, 0.15) is 5.69 Å². The van der Waals surface area contributed by atoms with E-state index in [4.69, 9.17) is 5.73 Å². The lowest BCUT2D eigenvalue weighted by molar-refractivity contribution is 0.0979. The van der Waals surface area contributed by atoms with E-state index >= 15 is 0 Å². The molecule has 1 amide bonds. The number of carbonyl (C=O) groups excluding carboxylic acids is 1. The lowest BCUT2D eigenvalue weighted by atomic mass is 10.2. The van der Waals surface area contributed by atoms with Gasteiger partial charge in [0.2, 0.25) is 0 Å². The number of nitrogen functional groups attached to an aromatic ring is 1. The number of benzene rings is 1. The van der Waals surface area contributed by atoms with Crippen molar-refractivity contribution in [2.45, 2.75) is 27.3 Å². The van der Waals surface area contributed by atoms with Crippen molar-refractivity contribution in [3.05, 3.63) is 41.7 Å². The lowest BCUT2D eigenvalue weighted by Crippen LogP contribution is -2.33. The van der Waals surface area contributed by atoms with E-state index in [0.717, 1.165) is 5.69 Å². The minimum Gasteiger partial charge on any atom is -0.395 e. The summed E-state index contributed by atoms with van der Waals surface area (Å²) in [6, 6.07) is 9.58. The number of nitrogens with two attached hydrogens (primary N) is 1. The number of aromatic nitrogens is 2. The Balaban J connectivity index is 2.44. The van der Waals surface area contributed by atoms with Gasteiger partial charge in [-0.1, -0.05) is 18.2 Å². The first-order valence-corrected chi connectivity index (χ1v) is 6.79. The van der Waals surface area contributed by atoms with Gasteiger partial charge in [-0.2, -0.15) is 5.10 Å². The van der Waals surface area contributed by atoms with Gasteiger partial charge in [-0.25, -0.2) is 0 Å². The Morgan fingerprint density at radius 3 is 2.50 bits per heavy atom. The summed E-state index contributed by atoms with van der Waals surface area (Å²) in [6.45, 7) is 6.90. The van der Waals surface area contributed by atoms with E-state index in [-0.39, 0.29) is 5.91 Å². The first kappa shape index (κ1) is 14.1. The zero-order chi connectivity index (χ0) is 14.7. The first-order chi connectivity index (χ1) is 9.60. The predicted molar refractivity (Wildman–Crippen MR) is 80.8 cm³/mol. The zero-order valence-electron chi connectivity index (χ0n) is 12.1. The molecule has 2 aromatic rings. The van der Waals surface area contributed by atoms with Crippen molar-refractivity contribution < 1.29 is 4.79 Å². The predicted octanol–water partition coefficient (Wildman–Crippen LogP) is 2.46. The molecule has 1 aromatic heterocycles. The summed E-state index contributed by atoms with van der Waals surface area (Å²) in [5.74, 6) is -0.112. The molecule has 0 unspecified atom stereocenters. The van der Waals surface area contributed by atoms with E-state index in [1.165, 1.54) is 0 Å². The third-order valence-corrected chi connectivity index (χ3v) is 3.31. The highest BCUT2D eigenvalue weighted by molar-refractivity contribution is 6.08. The largest absolute Gasteiger partial charge is 0.395 e. The molecule has 1 aromatic carbocycles. The topological polar surface area (TPSA) is 64.2 Å². The Morgan fingerprint density at radius 2 is 1.95 bits per heavy atom. The van der Waals surface area contributed by atoms with Crippen LogP contribution in [0.25, 0.3) is 0 Å². The Labute approximate surface area is 119 Å². The van der Waals surface area contributed by atoms with Crippen molar-refractivity contribution in [1.29, 1.82) is 0 Å². The maximum Gasteiger partial charge on any atom is 0.278 e. The molecule has 0 aliphatic carbocycles. The molecule has 0 bridgehead atoms. The number of rotatable bonds is 4. The molecule has 0 fully saturated rings. The van der Waals surface area contributed by atoms with Crippen LogP contribution in [0.5, 0.6) is 0 Å². The van der Waals surface area contributed by atoms with Gasteiger partial charge < -0.3 is 10.6 Å². The van der Waals surface area contributed by atoms with Crippen LogP contribution in [-0.4, -0.2) is 22.2 Å². The van der Waals surface area contributed by atoms with Crippen molar-refractivity contribution in [3.63, 3.8) is 0 Å². The number of aryl methyl sites for hydroxylation is 2. The standard InChI is InChI=1S/C15H20N4O/c1-4-18(12-9-7-6-8-10-12)15(20)14-13(16)11(3)17-19(14)5-2/h6-10H,4-5,16H2,1-3H3.